The number of nitrogens with zero attached hydrogens (tertiary/aromatic N) is 4. The molecule has 1 aliphatic carbocycles. The molecular formula is C86H92N4+2. The van der Waals surface area contributed by atoms with Crippen LogP contribution >= 0.6 is 0 Å². The maximum Gasteiger partial charge on any atom is 0.210 e. The molecule has 0 N–H and O–H groups in total. The number of benzene rings is 9. The maximum absolute atomic E-state index is 2.72. The fraction of sp³-hybridized carbons (Fsp3) is 0.326. The van der Waals surface area contributed by atoms with Gasteiger partial charge in [0.2, 0.25) is 11.4 Å². The summed E-state index contributed by atoms with van der Waals surface area (Å²) in [6, 6.07) is 71.5. The highest BCUT2D eigenvalue weighted by Gasteiger charge is 2.51. The topological polar surface area (TPSA) is 12.5 Å². The zero-order valence-electron chi connectivity index (χ0n) is 55.3. The van der Waals surface area contributed by atoms with E-state index in [1.807, 2.05) is 0 Å². The van der Waals surface area contributed by atoms with Crippen molar-refractivity contribution in [2.24, 2.45) is 0 Å². The fourth-order valence-electron chi connectivity index (χ4n) is 17.9. The van der Waals surface area contributed by atoms with Crippen molar-refractivity contribution in [3.8, 4) is 0 Å². The van der Waals surface area contributed by atoms with Crippen LogP contribution in [0.3, 0.4) is 0 Å². The van der Waals surface area contributed by atoms with E-state index in [0.717, 1.165) is 51.6 Å². The van der Waals surface area contributed by atoms with Crippen molar-refractivity contribution >= 4 is 66.5 Å². The quantitative estimate of drug-likeness (QED) is 0.0706. The largest absolute Gasteiger partial charge is 0.344 e. The van der Waals surface area contributed by atoms with Crippen LogP contribution in [-0.4, -0.2) is 47.8 Å². The second kappa shape index (κ2) is 23.5. The van der Waals surface area contributed by atoms with Gasteiger partial charge in [-0.2, -0.15) is 9.15 Å². The van der Waals surface area contributed by atoms with Crippen LogP contribution in [-0.2, 0) is 34.5 Å². The molecule has 4 heterocycles. The first-order valence-electron chi connectivity index (χ1n) is 34.0. The van der Waals surface area contributed by atoms with Crippen LogP contribution in [0.2, 0.25) is 0 Å². The molecule has 9 aromatic rings. The molecule has 0 bridgehead atoms. The third-order valence-corrected chi connectivity index (χ3v) is 22.4. The van der Waals surface area contributed by atoms with Gasteiger partial charge >= 0.3 is 0 Å². The maximum atomic E-state index is 2.72. The van der Waals surface area contributed by atoms with E-state index in [0.29, 0.717) is 5.92 Å². The Hall–Kier alpha value is -8.34. The Morgan fingerprint density at radius 1 is 0.456 bits per heavy atom. The first kappa shape index (κ1) is 59.3. The third kappa shape index (κ3) is 9.94. The van der Waals surface area contributed by atoms with E-state index in [1.165, 1.54) is 160 Å². The lowest BCUT2D eigenvalue weighted by Crippen LogP contribution is -2.33. The van der Waals surface area contributed by atoms with Crippen LogP contribution in [0.4, 0.5) is 22.7 Å². The van der Waals surface area contributed by atoms with Crippen LogP contribution in [0.5, 0.6) is 0 Å². The molecule has 454 valence electrons. The molecule has 0 saturated heterocycles. The van der Waals surface area contributed by atoms with Gasteiger partial charge in [-0.15, -0.1) is 0 Å². The summed E-state index contributed by atoms with van der Waals surface area (Å²) in [4.78, 5) is 5.38. The highest BCUT2D eigenvalue weighted by atomic mass is 15.2. The summed E-state index contributed by atoms with van der Waals surface area (Å²) in [5, 5.41) is 7.92. The molecule has 90 heavy (non-hydrogen) atoms. The Labute approximate surface area is 537 Å². The summed E-state index contributed by atoms with van der Waals surface area (Å²) < 4.78 is 5.00. The number of fused-ring (bicyclic) bond motifs is 9. The molecule has 1 saturated carbocycles. The minimum Gasteiger partial charge on any atom is -0.344 e. The molecule has 5 aliphatic rings. The van der Waals surface area contributed by atoms with E-state index < -0.39 is 0 Å². The molecule has 0 amide bonds. The minimum atomic E-state index is -0.258. The van der Waals surface area contributed by atoms with Gasteiger partial charge in [-0.25, -0.2) is 0 Å². The van der Waals surface area contributed by atoms with Crippen LogP contribution in [0.25, 0.3) is 32.3 Å². The normalized spacial score (nSPS) is 23.5. The molecule has 4 heteroatoms. The number of allylic oxidation sites excluding steroid dienone is 8. The van der Waals surface area contributed by atoms with E-state index >= 15 is 0 Å². The smallest absolute Gasteiger partial charge is 0.210 e. The van der Waals surface area contributed by atoms with Gasteiger partial charge in [-0.05, 0) is 208 Å². The van der Waals surface area contributed by atoms with Crippen molar-refractivity contribution < 1.29 is 9.15 Å². The standard InChI is InChI=1S/C86H92N4/c1-11-89-74-47-44-65-37-25-27-41-70(65)82(74)84(6,80(89)53-60(4)51-78-86(8,58-62-32-18-14-19-33-62)81-69-40-26-24-36-64(69)43-46-73(81)87(78)9)49-29-28-48-83(5)71-45-42-68(63-34-20-15-21-35-63)56-76(71)90(12-2)79(83)52-59(3)50-77-85(7,57-61-30-16-13-17-31-61)72-54-66-38-22-23-39-67(66)55-75(72)88(77)10/h13-14,16-19,22-27,30-33,36-47,50-56,63H,11-12,15,20-21,28-29,34-35,48-49,57-58H2,1-10H3/q+2. The van der Waals surface area contributed by atoms with Crippen LogP contribution < -0.4 is 9.80 Å². The van der Waals surface area contributed by atoms with Crippen molar-refractivity contribution in [1.29, 1.82) is 0 Å². The zero-order valence-corrected chi connectivity index (χ0v) is 55.3. The summed E-state index contributed by atoms with van der Waals surface area (Å²) >= 11 is 0. The number of anilines is 2. The SMILES string of the molecule is CCN1C(=CC(C)=CC2=[N+](C)c3cc4ccccc4cc3C2(C)Cc2ccccc2)C(C)(CCCCC2(C)C(=CC(C)=CC3=[N+](C)c4ccc5ccccc5c4C3(C)Cc3ccccc3)N(CC)c3ccc4ccccc4c32)c2ccc(C3CCCCC3)cc21. The minimum absolute atomic E-state index is 0.194. The second-order valence-electron chi connectivity index (χ2n) is 28.3. The highest BCUT2D eigenvalue weighted by Crippen LogP contribution is 2.57. The van der Waals surface area contributed by atoms with Gasteiger partial charge in [0.05, 0.1) is 10.8 Å². The number of hydrogen-bond donors (Lipinski definition) is 0. The summed E-state index contributed by atoms with van der Waals surface area (Å²) in [6.45, 7) is 21.5. The van der Waals surface area contributed by atoms with Crippen molar-refractivity contribution in [2.75, 3.05) is 37.0 Å². The van der Waals surface area contributed by atoms with Crippen molar-refractivity contribution in [2.45, 2.75) is 154 Å². The molecule has 14 rings (SSSR count). The first-order chi connectivity index (χ1) is 43.6. The highest BCUT2D eigenvalue weighted by molar-refractivity contribution is 6.09. The first-order valence-corrected chi connectivity index (χ1v) is 34.0. The van der Waals surface area contributed by atoms with Gasteiger partial charge < -0.3 is 9.80 Å². The van der Waals surface area contributed by atoms with E-state index in [4.69, 9.17) is 0 Å². The van der Waals surface area contributed by atoms with Gasteiger partial charge in [0.1, 0.15) is 14.1 Å². The average molecular weight is 1180 g/mol. The van der Waals surface area contributed by atoms with Gasteiger partial charge in [0, 0.05) is 82.1 Å². The van der Waals surface area contributed by atoms with Crippen LogP contribution in [0, 0.1) is 0 Å². The predicted molar refractivity (Wildman–Crippen MR) is 384 cm³/mol. The summed E-state index contributed by atoms with van der Waals surface area (Å²) in [5.41, 5.74) is 22.7. The Kier molecular flexibility index (Phi) is 15.5. The number of rotatable bonds is 16. The fourth-order valence-corrected chi connectivity index (χ4v) is 17.9. The van der Waals surface area contributed by atoms with E-state index in [9.17, 15) is 0 Å². The number of hydrogen-bond acceptors (Lipinski definition) is 2. The third-order valence-electron chi connectivity index (χ3n) is 22.4. The summed E-state index contributed by atoms with van der Waals surface area (Å²) in [6.07, 6.45) is 23.1. The monoisotopic (exact) mass is 1180 g/mol. The lowest BCUT2D eigenvalue weighted by atomic mass is 9.72. The summed E-state index contributed by atoms with van der Waals surface area (Å²) in [7, 11) is 4.60. The average Bonchev–Trinajstić information content (AvgIpc) is 1.60. The second-order valence-corrected chi connectivity index (χ2v) is 28.3. The Morgan fingerprint density at radius 3 is 1.58 bits per heavy atom. The van der Waals surface area contributed by atoms with Crippen molar-refractivity contribution in [3.05, 3.63) is 274 Å². The lowest BCUT2D eigenvalue weighted by Gasteiger charge is -2.33. The van der Waals surface area contributed by atoms with Crippen molar-refractivity contribution in [3.63, 3.8) is 0 Å². The van der Waals surface area contributed by atoms with Gasteiger partial charge in [-0.3, -0.25) is 0 Å². The number of likely N-dealkylation sites (N-methyl/N-ethyl adjacent to an activating group) is 2. The Morgan fingerprint density at radius 2 is 0.956 bits per heavy atom. The lowest BCUT2D eigenvalue weighted by molar-refractivity contribution is -0.401. The number of unbranched alkanes of at least 4 members (excludes halogenated alkanes) is 1. The molecule has 0 spiro atoms. The van der Waals surface area contributed by atoms with E-state index in [1.54, 1.807) is 0 Å². The molecule has 0 aromatic heterocycles. The van der Waals surface area contributed by atoms with Crippen molar-refractivity contribution in [1.82, 2.24) is 0 Å². The molecule has 4 nitrogen and oxygen atoms in total. The zero-order chi connectivity index (χ0) is 62.1. The van der Waals surface area contributed by atoms with E-state index in [-0.39, 0.29) is 21.7 Å². The molecule has 0 radical (unpaired) electrons. The molecule has 4 aliphatic heterocycles. The summed E-state index contributed by atoms with van der Waals surface area (Å²) in [5.74, 6) is 0.640. The predicted octanol–water partition coefficient (Wildman–Crippen LogP) is 21.2. The molecule has 1 fully saturated rings. The Balaban J connectivity index is 0.835. The molecule has 4 atom stereocenters. The van der Waals surface area contributed by atoms with Gasteiger partial charge in [0.25, 0.3) is 0 Å². The van der Waals surface area contributed by atoms with Gasteiger partial charge in [0.15, 0.2) is 11.4 Å². The molecule has 9 aromatic carbocycles. The van der Waals surface area contributed by atoms with Gasteiger partial charge in [-0.1, -0.05) is 184 Å². The molecule has 4 unspecified atom stereocenters. The van der Waals surface area contributed by atoms with Crippen LogP contribution in [0.1, 0.15) is 158 Å². The van der Waals surface area contributed by atoms with Crippen LogP contribution in [0.15, 0.2) is 235 Å². The Bertz CT molecular complexity index is 4490. The van der Waals surface area contributed by atoms with E-state index in [2.05, 4.69) is 301 Å². The molecular weight excluding hydrogens is 1090 g/mol.